The molecule has 0 amide bonds. The topological polar surface area (TPSA) is 27.1 Å². The minimum atomic E-state index is 0.679. The molecule has 0 N–H and O–H groups in total. The molecule has 0 aliphatic rings. The molecule has 0 spiro atoms. The first-order valence-corrected chi connectivity index (χ1v) is 6.22. The third-order valence-corrected chi connectivity index (χ3v) is 2.85. The Morgan fingerprint density at radius 2 is 1.79 bits per heavy atom. The zero-order chi connectivity index (χ0) is 13.1. The van der Waals surface area contributed by atoms with Crippen molar-refractivity contribution in [3.05, 3.63) is 72.0 Å². The highest BCUT2D eigenvalue weighted by Gasteiger charge is 2.03. The van der Waals surface area contributed by atoms with Gasteiger partial charge in [0.05, 0.1) is 18.1 Å². The highest BCUT2D eigenvalue weighted by atomic mass is 35.5. The Balaban J connectivity index is 1.84. The normalized spacial score (nSPS) is 10.4. The van der Waals surface area contributed by atoms with Gasteiger partial charge in [0.1, 0.15) is 5.75 Å². The van der Waals surface area contributed by atoms with E-state index in [0.29, 0.717) is 10.8 Å². The number of nitrogens with zero attached hydrogens (tertiary/aromatic N) is 2. The van der Waals surface area contributed by atoms with Crippen LogP contribution < -0.4 is 4.74 Å². The Kier molecular flexibility index (Phi) is 3.21. The molecule has 0 radical (unpaired) electrons. The molecule has 0 unspecified atom stereocenters. The first-order chi connectivity index (χ1) is 9.31. The van der Waals surface area contributed by atoms with E-state index in [0.717, 1.165) is 11.4 Å². The van der Waals surface area contributed by atoms with E-state index in [-0.39, 0.29) is 0 Å². The first kappa shape index (κ1) is 11.8. The van der Waals surface area contributed by atoms with Crippen molar-refractivity contribution < 1.29 is 4.74 Å². The molecule has 19 heavy (non-hydrogen) atoms. The summed E-state index contributed by atoms with van der Waals surface area (Å²) in [6.07, 6.45) is 3.49. The van der Waals surface area contributed by atoms with E-state index in [9.17, 15) is 0 Å². The van der Waals surface area contributed by atoms with Crippen molar-refractivity contribution in [1.82, 2.24) is 9.78 Å². The molecule has 0 atom stereocenters. The van der Waals surface area contributed by atoms with Crippen LogP contribution in [-0.4, -0.2) is 9.78 Å². The molecule has 1 heterocycles. The number of halogens is 1. The molecule has 0 bridgehead atoms. The molecule has 0 fully saturated rings. The Hall–Kier alpha value is -2.26. The fourth-order valence-electron chi connectivity index (χ4n) is 1.74. The van der Waals surface area contributed by atoms with Gasteiger partial charge in [-0.3, -0.25) is 0 Å². The zero-order valence-electron chi connectivity index (χ0n) is 10.0. The maximum atomic E-state index is 5.96. The maximum Gasteiger partial charge on any atom is 0.165 e. The Morgan fingerprint density at radius 1 is 0.947 bits per heavy atom. The fraction of sp³-hybridized carbons (Fsp3) is 0. The van der Waals surface area contributed by atoms with Gasteiger partial charge in [0.15, 0.2) is 5.75 Å². The predicted octanol–water partition coefficient (Wildman–Crippen LogP) is 4.32. The number of aromatic nitrogens is 2. The average Bonchev–Trinajstić information content (AvgIpc) is 2.88. The standard InChI is InChI=1S/C15H11ClN2O/c16-12-5-4-6-13(9-12)18-11-15(10-17-18)19-14-7-2-1-3-8-14/h1-11H. The van der Waals surface area contributed by atoms with Crippen molar-refractivity contribution in [2.24, 2.45) is 0 Å². The summed E-state index contributed by atoms with van der Waals surface area (Å²) in [5.41, 5.74) is 0.899. The fourth-order valence-corrected chi connectivity index (χ4v) is 1.93. The number of hydrogen-bond donors (Lipinski definition) is 0. The van der Waals surface area contributed by atoms with Crippen LogP contribution in [0.15, 0.2) is 67.0 Å². The van der Waals surface area contributed by atoms with Gasteiger partial charge in [0.25, 0.3) is 0 Å². The van der Waals surface area contributed by atoms with Crippen molar-refractivity contribution >= 4 is 11.6 Å². The van der Waals surface area contributed by atoms with Crippen LogP contribution in [-0.2, 0) is 0 Å². The minimum Gasteiger partial charge on any atom is -0.454 e. The number of ether oxygens (including phenoxy) is 1. The largest absolute Gasteiger partial charge is 0.454 e. The highest BCUT2D eigenvalue weighted by Crippen LogP contribution is 2.22. The molecule has 1 aromatic heterocycles. The van der Waals surface area contributed by atoms with Gasteiger partial charge in [-0.05, 0) is 30.3 Å². The number of hydrogen-bond acceptors (Lipinski definition) is 2. The van der Waals surface area contributed by atoms with Crippen LogP contribution in [0.5, 0.6) is 11.5 Å². The third kappa shape index (κ3) is 2.77. The van der Waals surface area contributed by atoms with Gasteiger partial charge in [0.2, 0.25) is 0 Å². The Morgan fingerprint density at radius 3 is 2.58 bits per heavy atom. The lowest BCUT2D eigenvalue weighted by molar-refractivity contribution is 0.482. The van der Waals surface area contributed by atoms with E-state index in [1.807, 2.05) is 60.8 Å². The molecule has 0 saturated carbocycles. The third-order valence-electron chi connectivity index (χ3n) is 2.61. The van der Waals surface area contributed by atoms with Gasteiger partial charge < -0.3 is 4.74 Å². The van der Waals surface area contributed by atoms with Gasteiger partial charge in [-0.15, -0.1) is 0 Å². The second-order valence-corrected chi connectivity index (χ2v) is 4.45. The summed E-state index contributed by atoms with van der Waals surface area (Å²) in [5.74, 6) is 1.47. The number of para-hydroxylation sites is 1. The van der Waals surface area contributed by atoms with Crippen LogP contribution >= 0.6 is 11.6 Å². The monoisotopic (exact) mass is 270 g/mol. The van der Waals surface area contributed by atoms with Crippen molar-refractivity contribution in [3.8, 4) is 17.2 Å². The highest BCUT2D eigenvalue weighted by molar-refractivity contribution is 6.30. The molecule has 2 aromatic carbocycles. The van der Waals surface area contributed by atoms with Gasteiger partial charge in [-0.1, -0.05) is 35.9 Å². The van der Waals surface area contributed by atoms with E-state index in [4.69, 9.17) is 16.3 Å². The summed E-state index contributed by atoms with van der Waals surface area (Å²) in [6.45, 7) is 0. The number of benzene rings is 2. The van der Waals surface area contributed by atoms with E-state index in [1.165, 1.54) is 0 Å². The van der Waals surface area contributed by atoms with Crippen LogP contribution in [0.3, 0.4) is 0 Å². The summed E-state index contributed by atoms with van der Waals surface area (Å²) in [6, 6.07) is 17.1. The molecule has 3 rings (SSSR count). The second kappa shape index (κ2) is 5.16. The SMILES string of the molecule is Clc1cccc(-n2cc(Oc3ccccc3)cn2)c1. The smallest absolute Gasteiger partial charge is 0.165 e. The summed E-state index contributed by atoms with van der Waals surface area (Å²) in [7, 11) is 0. The summed E-state index contributed by atoms with van der Waals surface area (Å²) in [5, 5.41) is 4.94. The molecule has 94 valence electrons. The van der Waals surface area contributed by atoms with Gasteiger partial charge in [-0.2, -0.15) is 5.10 Å². The predicted molar refractivity (Wildman–Crippen MR) is 75.1 cm³/mol. The summed E-state index contributed by atoms with van der Waals surface area (Å²) >= 11 is 5.96. The van der Waals surface area contributed by atoms with Crippen LogP contribution in [0.1, 0.15) is 0 Å². The summed E-state index contributed by atoms with van der Waals surface area (Å²) in [4.78, 5) is 0. The number of rotatable bonds is 3. The van der Waals surface area contributed by atoms with Crippen molar-refractivity contribution in [2.75, 3.05) is 0 Å². The summed E-state index contributed by atoms with van der Waals surface area (Å²) < 4.78 is 7.42. The molecular formula is C15H11ClN2O. The molecule has 4 heteroatoms. The first-order valence-electron chi connectivity index (χ1n) is 5.85. The molecule has 3 nitrogen and oxygen atoms in total. The maximum absolute atomic E-state index is 5.96. The lowest BCUT2D eigenvalue weighted by atomic mass is 10.3. The Labute approximate surface area is 116 Å². The molecule has 0 aliphatic carbocycles. The van der Waals surface area contributed by atoms with Gasteiger partial charge in [0, 0.05) is 5.02 Å². The van der Waals surface area contributed by atoms with Crippen LogP contribution in [0, 0.1) is 0 Å². The van der Waals surface area contributed by atoms with Crippen molar-refractivity contribution in [3.63, 3.8) is 0 Å². The van der Waals surface area contributed by atoms with Gasteiger partial charge >= 0.3 is 0 Å². The average molecular weight is 271 g/mol. The molecule has 0 saturated heterocycles. The molecule has 3 aromatic rings. The molecular weight excluding hydrogens is 260 g/mol. The minimum absolute atomic E-state index is 0.679. The van der Waals surface area contributed by atoms with Crippen LogP contribution in [0.2, 0.25) is 5.02 Å². The van der Waals surface area contributed by atoms with Crippen molar-refractivity contribution in [2.45, 2.75) is 0 Å². The lowest BCUT2D eigenvalue weighted by Gasteiger charge is -2.02. The van der Waals surface area contributed by atoms with E-state index >= 15 is 0 Å². The van der Waals surface area contributed by atoms with Gasteiger partial charge in [-0.25, -0.2) is 4.68 Å². The van der Waals surface area contributed by atoms with E-state index in [2.05, 4.69) is 5.10 Å². The quantitative estimate of drug-likeness (QED) is 0.709. The van der Waals surface area contributed by atoms with Crippen LogP contribution in [0.25, 0.3) is 5.69 Å². The van der Waals surface area contributed by atoms with Crippen molar-refractivity contribution in [1.29, 1.82) is 0 Å². The van der Waals surface area contributed by atoms with E-state index < -0.39 is 0 Å². The second-order valence-electron chi connectivity index (χ2n) is 4.02. The lowest BCUT2D eigenvalue weighted by Crippen LogP contribution is -1.93. The van der Waals surface area contributed by atoms with E-state index in [1.54, 1.807) is 10.9 Å². The molecule has 0 aliphatic heterocycles. The van der Waals surface area contributed by atoms with Crippen LogP contribution in [0.4, 0.5) is 0 Å². The zero-order valence-corrected chi connectivity index (χ0v) is 10.8. The Bertz CT molecular complexity index is 679.